The van der Waals surface area contributed by atoms with Gasteiger partial charge in [-0.05, 0) is 43.5 Å². The minimum atomic E-state index is -0.00249. The van der Waals surface area contributed by atoms with E-state index in [2.05, 4.69) is 29.6 Å². The molecule has 2 heterocycles. The molecule has 0 saturated heterocycles. The molecular formula is C15H22N4. The molecule has 0 aliphatic carbocycles. The molecule has 2 atom stereocenters. The Kier molecular flexibility index (Phi) is 4.32. The molecule has 0 bridgehead atoms. The summed E-state index contributed by atoms with van der Waals surface area (Å²) in [4.78, 5) is 4.07. The third kappa shape index (κ3) is 2.84. The lowest BCUT2D eigenvalue weighted by Gasteiger charge is -2.23. The topological polar surface area (TPSA) is 56.7 Å². The minimum absolute atomic E-state index is 0.00249. The van der Waals surface area contributed by atoms with Gasteiger partial charge >= 0.3 is 0 Å². The Labute approximate surface area is 114 Å². The van der Waals surface area contributed by atoms with E-state index in [-0.39, 0.29) is 12.1 Å². The van der Waals surface area contributed by atoms with Gasteiger partial charge in [0.25, 0.3) is 0 Å². The summed E-state index contributed by atoms with van der Waals surface area (Å²) in [5.74, 6) is 0. The molecule has 0 aromatic carbocycles. The first-order valence-electron chi connectivity index (χ1n) is 6.90. The van der Waals surface area contributed by atoms with E-state index >= 15 is 0 Å². The summed E-state index contributed by atoms with van der Waals surface area (Å²) in [6, 6.07) is 6.27. The predicted molar refractivity (Wildman–Crippen MR) is 77.0 cm³/mol. The third-order valence-corrected chi connectivity index (χ3v) is 3.40. The molecule has 2 aromatic rings. The van der Waals surface area contributed by atoms with E-state index in [9.17, 15) is 0 Å². The number of nitrogens with two attached hydrogens (primary N) is 1. The van der Waals surface area contributed by atoms with Crippen molar-refractivity contribution in [3.8, 4) is 0 Å². The smallest absolute Gasteiger partial charge is 0.0920 e. The zero-order valence-electron chi connectivity index (χ0n) is 11.9. The molecule has 2 aromatic heterocycles. The molecule has 0 amide bonds. The summed E-state index contributed by atoms with van der Waals surface area (Å²) in [5.41, 5.74) is 9.71. The molecule has 4 nitrogen and oxygen atoms in total. The number of hydrogen-bond acceptors (Lipinski definition) is 3. The maximum atomic E-state index is 6.19. The second-order valence-corrected chi connectivity index (χ2v) is 4.86. The Morgan fingerprint density at radius 2 is 1.89 bits per heavy atom. The summed E-state index contributed by atoms with van der Waals surface area (Å²) >= 11 is 0. The van der Waals surface area contributed by atoms with Crippen LogP contribution >= 0.6 is 0 Å². The fourth-order valence-electron chi connectivity index (χ4n) is 2.40. The van der Waals surface area contributed by atoms with E-state index in [1.54, 1.807) is 12.4 Å². The zero-order valence-corrected chi connectivity index (χ0v) is 11.9. The van der Waals surface area contributed by atoms with Gasteiger partial charge in [0.15, 0.2) is 0 Å². The van der Waals surface area contributed by atoms with E-state index < -0.39 is 0 Å². The van der Waals surface area contributed by atoms with E-state index in [1.165, 1.54) is 5.69 Å². The Morgan fingerprint density at radius 1 is 1.21 bits per heavy atom. The van der Waals surface area contributed by atoms with Gasteiger partial charge in [-0.2, -0.15) is 5.10 Å². The van der Waals surface area contributed by atoms with Crippen LogP contribution in [0.2, 0.25) is 0 Å². The van der Waals surface area contributed by atoms with Crippen molar-refractivity contribution >= 4 is 0 Å². The number of hydrogen-bond donors (Lipinski definition) is 1. The summed E-state index contributed by atoms with van der Waals surface area (Å²) < 4.78 is 2.08. The first kappa shape index (κ1) is 13.7. The predicted octanol–water partition coefficient (Wildman–Crippen LogP) is 2.34. The fourth-order valence-corrected chi connectivity index (χ4v) is 2.40. The molecule has 0 aliphatic rings. The zero-order chi connectivity index (χ0) is 13.8. The van der Waals surface area contributed by atoms with Crippen LogP contribution in [0.1, 0.15) is 43.8 Å². The van der Waals surface area contributed by atoms with Gasteiger partial charge in [0.1, 0.15) is 0 Å². The largest absolute Gasteiger partial charge is 0.326 e. The summed E-state index contributed by atoms with van der Waals surface area (Å²) in [5, 5.41) is 4.71. The second kappa shape index (κ2) is 5.97. The fraction of sp³-hybridized carbons (Fsp3) is 0.467. The van der Waals surface area contributed by atoms with Crippen LogP contribution in [0, 0.1) is 0 Å². The van der Waals surface area contributed by atoms with Crippen LogP contribution in [0.5, 0.6) is 0 Å². The maximum absolute atomic E-state index is 6.19. The standard InChI is InChI=1S/C15H22N4/c1-4-13-10-14(5-2)19(18-13)15(11(3)16)12-6-8-17-9-7-12/h6-11,15H,4-5,16H2,1-3H3. The van der Waals surface area contributed by atoms with Crippen LogP contribution in [0.25, 0.3) is 0 Å². The number of aromatic nitrogens is 3. The van der Waals surface area contributed by atoms with Gasteiger partial charge in [0.2, 0.25) is 0 Å². The van der Waals surface area contributed by atoms with Crippen LogP contribution in [-0.4, -0.2) is 20.8 Å². The first-order chi connectivity index (χ1) is 9.17. The first-order valence-corrected chi connectivity index (χ1v) is 6.90. The maximum Gasteiger partial charge on any atom is 0.0920 e. The Balaban J connectivity index is 2.48. The molecule has 2 rings (SSSR count). The van der Waals surface area contributed by atoms with Gasteiger partial charge < -0.3 is 5.73 Å². The molecule has 0 aliphatic heterocycles. The highest BCUT2D eigenvalue weighted by Crippen LogP contribution is 2.23. The molecule has 0 spiro atoms. The summed E-state index contributed by atoms with van der Waals surface area (Å²) in [6.45, 7) is 6.30. The molecule has 102 valence electrons. The van der Waals surface area contributed by atoms with Crippen molar-refractivity contribution in [2.45, 2.75) is 45.7 Å². The molecule has 0 saturated carbocycles. The lowest BCUT2D eigenvalue weighted by molar-refractivity contribution is 0.438. The van der Waals surface area contributed by atoms with Crippen LogP contribution < -0.4 is 5.73 Å². The van der Waals surface area contributed by atoms with Gasteiger partial charge in [-0.25, -0.2) is 0 Å². The molecule has 4 heteroatoms. The van der Waals surface area contributed by atoms with Gasteiger partial charge in [0.05, 0.1) is 11.7 Å². The average molecular weight is 258 g/mol. The average Bonchev–Trinajstić information content (AvgIpc) is 2.83. The molecular weight excluding hydrogens is 236 g/mol. The van der Waals surface area contributed by atoms with Crippen LogP contribution in [0.3, 0.4) is 0 Å². The van der Waals surface area contributed by atoms with Crippen molar-refractivity contribution < 1.29 is 0 Å². The minimum Gasteiger partial charge on any atom is -0.326 e. The van der Waals surface area contributed by atoms with Crippen LogP contribution in [0.4, 0.5) is 0 Å². The monoisotopic (exact) mass is 258 g/mol. The van der Waals surface area contributed by atoms with Gasteiger partial charge in [-0.3, -0.25) is 9.67 Å². The van der Waals surface area contributed by atoms with E-state index in [1.807, 2.05) is 19.1 Å². The highest BCUT2D eigenvalue weighted by Gasteiger charge is 2.21. The van der Waals surface area contributed by atoms with Gasteiger partial charge in [0, 0.05) is 24.1 Å². The quantitative estimate of drug-likeness (QED) is 0.895. The third-order valence-electron chi connectivity index (χ3n) is 3.40. The molecule has 0 fully saturated rings. The normalized spacial score (nSPS) is 14.3. The van der Waals surface area contributed by atoms with E-state index in [0.29, 0.717) is 0 Å². The number of rotatable bonds is 5. The van der Waals surface area contributed by atoms with E-state index in [4.69, 9.17) is 10.8 Å². The van der Waals surface area contributed by atoms with Crippen molar-refractivity contribution in [1.82, 2.24) is 14.8 Å². The Hall–Kier alpha value is -1.68. The van der Waals surface area contributed by atoms with Crippen molar-refractivity contribution in [3.63, 3.8) is 0 Å². The van der Waals surface area contributed by atoms with Crippen LogP contribution in [0.15, 0.2) is 30.6 Å². The summed E-state index contributed by atoms with van der Waals surface area (Å²) in [7, 11) is 0. The second-order valence-electron chi connectivity index (χ2n) is 4.86. The van der Waals surface area contributed by atoms with Gasteiger partial charge in [-0.15, -0.1) is 0 Å². The van der Waals surface area contributed by atoms with Crippen molar-refractivity contribution in [1.29, 1.82) is 0 Å². The highest BCUT2D eigenvalue weighted by atomic mass is 15.3. The molecule has 19 heavy (non-hydrogen) atoms. The molecule has 2 unspecified atom stereocenters. The Morgan fingerprint density at radius 3 is 2.42 bits per heavy atom. The SMILES string of the molecule is CCc1cc(CC)n(C(c2ccncc2)C(C)N)n1. The Bertz CT molecular complexity index is 516. The van der Waals surface area contributed by atoms with Crippen molar-refractivity contribution in [2.75, 3.05) is 0 Å². The number of aryl methyl sites for hydroxylation is 2. The number of nitrogens with zero attached hydrogens (tertiary/aromatic N) is 3. The molecule has 0 radical (unpaired) electrons. The van der Waals surface area contributed by atoms with Crippen molar-refractivity contribution in [3.05, 3.63) is 47.5 Å². The van der Waals surface area contributed by atoms with Crippen molar-refractivity contribution in [2.24, 2.45) is 5.73 Å². The lowest BCUT2D eigenvalue weighted by Crippen LogP contribution is -2.32. The molecule has 2 N–H and O–H groups in total. The van der Waals surface area contributed by atoms with Gasteiger partial charge in [-0.1, -0.05) is 13.8 Å². The number of pyridine rings is 1. The van der Waals surface area contributed by atoms with E-state index in [0.717, 1.165) is 24.1 Å². The van der Waals surface area contributed by atoms with Crippen LogP contribution in [-0.2, 0) is 12.8 Å². The highest BCUT2D eigenvalue weighted by molar-refractivity contribution is 5.21. The summed E-state index contributed by atoms with van der Waals surface area (Å²) in [6.07, 6.45) is 5.52. The lowest BCUT2D eigenvalue weighted by atomic mass is 10.0.